The fourth-order valence-corrected chi connectivity index (χ4v) is 5.56. The zero-order valence-electron chi connectivity index (χ0n) is 11.9. The fraction of sp³-hybridized carbons (Fsp3) is 0.353. The highest BCUT2D eigenvalue weighted by Gasteiger charge is 2.37. The second-order valence-corrected chi connectivity index (χ2v) is 10.1. The van der Waals surface area contributed by atoms with Crippen LogP contribution in [-0.2, 0) is 0 Å². The van der Waals surface area contributed by atoms with Crippen molar-refractivity contribution in [3.63, 3.8) is 0 Å². The lowest BCUT2D eigenvalue weighted by atomic mass is 9.97. The Labute approximate surface area is 112 Å². The summed E-state index contributed by atoms with van der Waals surface area (Å²) < 4.78 is 0. The lowest BCUT2D eigenvalue weighted by Crippen LogP contribution is -2.47. The molecule has 0 heterocycles. The molecule has 1 aromatic carbocycles. The Morgan fingerprint density at radius 1 is 1.11 bits per heavy atom. The summed E-state index contributed by atoms with van der Waals surface area (Å²) in [5.74, 6) is 0.672. The van der Waals surface area contributed by atoms with Crippen LogP contribution in [0.2, 0.25) is 13.1 Å². The predicted octanol–water partition coefficient (Wildman–Crippen LogP) is 4.26. The Kier molecular flexibility index (Phi) is 3.91. The van der Waals surface area contributed by atoms with Crippen molar-refractivity contribution in [1.29, 1.82) is 0 Å². The van der Waals surface area contributed by atoms with Crippen molar-refractivity contribution in [2.24, 2.45) is 5.92 Å². The molecule has 1 unspecified atom stereocenters. The molecule has 1 radical (unpaired) electrons. The van der Waals surface area contributed by atoms with E-state index in [1.807, 2.05) is 0 Å². The quantitative estimate of drug-likeness (QED) is 0.705. The molecule has 1 aliphatic rings. The third-order valence-electron chi connectivity index (χ3n) is 4.16. The third kappa shape index (κ3) is 2.37. The molecule has 0 aliphatic heterocycles. The first-order valence-electron chi connectivity index (χ1n) is 6.89. The van der Waals surface area contributed by atoms with Crippen molar-refractivity contribution in [2.75, 3.05) is 0 Å². The Bertz CT molecular complexity index is 454. The van der Waals surface area contributed by atoms with E-state index in [0.717, 1.165) is 0 Å². The molecule has 2 rings (SSSR count). The highest BCUT2D eigenvalue weighted by atomic mass is 28.3. The van der Waals surface area contributed by atoms with Crippen LogP contribution in [0, 0.1) is 11.5 Å². The molecule has 0 bridgehead atoms. The Morgan fingerprint density at radius 2 is 1.78 bits per heavy atom. The first-order valence-corrected chi connectivity index (χ1v) is 9.89. The maximum atomic E-state index is 2.46. The van der Waals surface area contributed by atoms with Crippen LogP contribution in [0.4, 0.5) is 0 Å². The summed E-state index contributed by atoms with van der Waals surface area (Å²) in [6.07, 6.45) is 8.12. The van der Waals surface area contributed by atoms with Crippen LogP contribution >= 0.6 is 0 Å². The standard InChI is InChI=1S/C17H23Si/c1-5-14(2)16-12-9-13-17(16)18(3,4)15-10-7-6-8-11-15/h6-14H,5H2,1-4H3. The van der Waals surface area contributed by atoms with Crippen molar-refractivity contribution in [2.45, 2.75) is 33.4 Å². The van der Waals surface area contributed by atoms with Crippen LogP contribution in [0.25, 0.3) is 0 Å². The zero-order valence-corrected chi connectivity index (χ0v) is 12.9. The summed E-state index contributed by atoms with van der Waals surface area (Å²) in [6, 6.07) is 11.0. The van der Waals surface area contributed by atoms with Crippen molar-refractivity contribution >= 4 is 13.3 Å². The van der Waals surface area contributed by atoms with Gasteiger partial charge >= 0.3 is 0 Å². The van der Waals surface area contributed by atoms with Crippen LogP contribution < -0.4 is 5.19 Å². The minimum atomic E-state index is -1.53. The van der Waals surface area contributed by atoms with Gasteiger partial charge in [0.25, 0.3) is 0 Å². The molecule has 18 heavy (non-hydrogen) atoms. The van der Waals surface area contributed by atoms with Gasteiger partial charge in [0.1, 0.15) is 0 Å². The van der Waals surface area contributed by atoms with E-state index < -0.39 is 8.07 Å². The van der Waals surface area contributed by atoms with Crippen LogP contribution in [0.5, 0.6) is 0 Å². The topological polar surface area (TPSA) is 0 Å². The molecular formula is C17H23Si. The molecule has 0 N–H and O–H groups in total. The molecule has 0 aromatic heterocycles. The molecule has 0 fully saturated rings. The van der Waals surface area contributed by atoms with Crippen LogP contribution in [0.1, 0.15) is 20.3 Å². The van der Waals surface area contributed by atoms with Gasteiger partial charge in [0.2, 0.25) is 0 Å². The molecule has 1 atom stereocenters. The molecule has 0 saturated heterocycles. The first-order chi connectivity index (χ1) is 8.57. The Hall–Kier alpha value is -1.08. The van der Waals surface area contributed by atoms with Gasteiger partial charge in [0.05, 0.1) is 8.07 Å². The SMILES string of the molecule is CCC(C)C1=CC=C[C]1[Si](C)(C)c1ccccc1. The second kappa shape index (κ2) is 5.27. The van der Waals surface area contributed by atoms with E-state index in [1.165, 1.54) is 11.6 Å². The maximum Gasteiger partial charge on any atom is 0.0962 e. The molecular weight excluding hydrogens is 232 g/mol. The van der Waals surface area contributed by atoms with E-state index in [4.69, 9.17) is 0 Å². The van der Waals surface area contributed by atoms with Crippen molar-refractivity contribution < 1.29 is 0 Å². The van der Waals surface area contributed by atoms with Crippen LogP contribution in [-0.4, -0.2) is 8.07 Å². The van der Waals surface area contributed by atoms with Gasteiger partial charge in [-0.25, -0.2) is 0 Å². The van der Waals surface area contributed by atoms with Gasteiger partial charge in [-0.1, -0.05) is 86.3 Å². The average molecular weight is 255 g/mol. The monoisotopic (exact) mass is 255 g/mol. The summed E-state index contributed by atoms with van der Waals surface area (Å²) >= 11 is 0. The van der Waals surface area contributed by atoms with Gasteiger partial charge in [-0.05, 0) is 12.3 Å². The largest absolute Gasteiger partial charge is 0.0962 e. The molecule has 1 aromatic rings. The first kappa shape index (κ1) is 13.4. The second-order valence-electron chi connectivity index (χ2n) is 5.70. The van der Waals surface area contributed by atoms with Crippen molar-refractivity contribution in [3.05, 3.63) is 59.7 Å². The van der Waals surface area contributed by atoms with Gasteiger partial charge in [-0.2, -0.15) is 0 Å². The number of allylic oxidation sites excluding steroid dienone is 4. The summed E-state index contributed by atoms with van der Waals surface area (Å²) in [5.41, 5.74) is 3.18. The van der Waals surface area contributed by atoms with Gasteiger partial charge in [-0.3, -0.25) is 0 Å². The van der Waals surface area contributed by atoms with E-state index >= 15 is 0 Å². The third-order valence-corrected chi connectivity index (χ3v) is 7.74. The van der Waals surface area contributed by atoms with Crippen LogP contribution in [0.3, 0.4) is 0 Å². The molecule has 1 heteroatoms. The number of hydrogen-bond acceptors (Lipinski definition) is 0. The lowest BCUT2D eigenvalue weighted by molar-refractivity contribution is 0.661. The molecule has 0 spiro atoms. The molecule has 95 valence electrons. The number of benzene rings is 1. The zero-order chi connectivity index (χ0) is 13.2. The van der Waals surface area contributed by atoms with Gasteiger partial charge in [-0.15, -0.1) is 0 Å². The molecule has 0 saturated carbocycles. The summed E-state index contributed by atoms with van der Waals surface area (Å²) in [4.78, 5) is 0. The van der Waals surface area contributed by atoms with Gasteiger partial charge in [0, 0.05) is 5.54 Å². The van der Waals surface area contributed by atoms with E-state index in [-0.39, 0.29) is 0 Å². The minimum Gasteiger partial charge on any atom is -0.0757 e. The van der Waals surface area contributed by atoms with Crippen molar-refractivity contribution in [3.8, 4) is 0 Å². The highest BCUT2D eigenvalue weighted by Crippen LogP contribution is 2.36. The predicted molar refractivity (Wildman–Crippen MR) is 83.5 cm³/mol. The summed E-state index contributed by atoms with van der Waals surface area (Å²) in [7, 11) is -1.53. The fourth-order valence-electron chi connectivity index (χ4n) is 2.66. The Balaban J connectivity index is 2.31. The molecule has 1 aliphatic carbocycles. The molecule has 0 nitrogen and oxygen atoms in total. The van der Waals surface area contributed by atoms with E-state index in [0.29, 0.717) is 5.92 Å². The van der Waals surface area contributed by atoms with E-state index in [2.05, 4.69) is 75.5 Å². The van der Waals surface area contributed by atoms with Crippen LogP contribution in [0.15, 0.2) is 54.1 Å². The van der Waals surface area contributed by atoms with E-state index in [1.54, 1.807) is 11.1 Å². The van der Waals surface area contributed by atoms with Gasteiger partial charge in [0.15, 0.2) is 0 Å². The minimum absolute atomic E-state index is 0.672. The van der Waals surface area contributed by atoms with Crippen molar-refractivity contribution in [1.82, 2.24) is 0 Å². The normalized spacial score (nSPS) is 17.9. The average Bonchev–Trinajstić information content (AvgIpc) is 2.89. The number of rotatable bonds is 4. The smallest absolute Gasteiger partial charge is 0.0757 e. The summed E-state index contributed by atoms with van der Waals surface area (Å²) in [5, 5.41) is 1.53. The highest BCUT2D eigenvalue weighted by molar-refractivity contribution is 6.95. The number of hydrogen-bond donors (Lipinski definition) is 0. The maximum absolute atomic E-state index is 2.46. The lowest BCUT2D eigenvalue weighted by Gasteiger charge is -2.32. The molecule has 0 amide bonds. The van der Waals surface area contributed by atoms with E-state index in [9.17, 15) is 0 Å². The summed E-state index contributed by atoms with van der Waals surface area (Å²) in [6.45, 7) is 9.54. The Morgan fingerprint density at radius 3 is 2.39 bits per heavy atom. The van der Waals surface area contributed by atoms with Gasteiger partial charge < -0.3 is 0 Å².